The fourth-order valence-electron chi connectivity index (χ4n) is 3.66. The first-order chi connectivity index (χ1) is 11.8. The lowest BCUT2D eigenvalue weighted by Crippen LogP contribution is -2.46. The van der Waals surface area contributed by atoms with Crippen molar-refractivity contribution in [1.29, 1.82) is 0 Å². The maximum Gasteiger partial charge on any atom is 0.232 e. The third-order valence-corrected chi connectivity index (χ3v) is 5.73. The van der Waals surface area contributed by atoms with E-state index in [1.165, 1.54) is 10.6 Å². The second-order valence-corrected chi connectivity index (χ2v) is 8.30. The van der Waals surface area contributed by atoms with Gasteiger partial charge in [-0.15, -0.1) is 0 Å². The van der Waals surface area contributed by atoms with E-state index in [9.17, 15) is 13.2 Å². The van der Waals surface area contributed by atoms with Gasteiger partial charge in [-0.2, -0.15) is 0 Å². The summed E-state index contributed by atoms with van der Waals surface area (Å²) in [7, 11) is -3.49. The van der Waals surface area contributed by atoms with Crippen LogP contribution >= 0.6 is 0 Å². The third-order valence-electron chi connectivity index (χ3n) is 4.55. The average Bonchev–Trinajstić information content (AvgIpc) is 2.54. The second-order valence-electron chi connectivity index (χ2n) is 6.44. The molecule has 2 aromatic rings. The number of carbonyl (C=O) groups is 1. The van der Waals surface area contributed by atoms with Crippen molar-refractivity contribution in [3.05, 3.63) is 60.2 Å². The molecule has 2 atom stereocenters. The van der Waals surface area contributed by atoms with Gasteiger partial charge in [-0.1, -0.05) is 36.4 Å². The largest absolute Gasteiger partial charge is 0.309 e. The molecule has 0 fully saturated rings. The molecule has 0 saturated carbocycles. The molecule has 1 aliphatic heterocycles. The van der Waals surface area contributed by atoms with Crippen LogP contribution in [-0.4, -0.2) is 26.6 Å². The van der Waals surface area contributed by atoms with E-state index in [0.717, 1.165) is 11.3 Å². The van der Waals surface area contributed by atoms with Crippen LogP contribution in [-0.2, 0) is 14.8 Å². The number of para-hydroxylation sites is 2. The molecule has 1 aliphatic rings. The van der Waals surface area contributed by atoms with E-state index in [2.05, 4.69) is 0 Å². The van der Waals surface area contributed by atoms with E-state index >= 15 is 0 Å². The second kappa shape index (κ2) is 6.52. The van der Waals surface area contributed by atoms with Crippen molar-refractivity contribution in [3.8, 4) is 0 Å². The van der Waals surface area contributed by atoms with Gasteiger partial charge in [-0.3, -0.25) is 9.10 Å². The van der Waals surface area contributed by atoms with Crippen molar-refractivity contribution in [2.45, 2.75) is 32.4 Å². The molecule has 25 heavy (non-hydrogen) atoms. The maximum atomic E-state index is 12.6. The predicted octanol–water partition coefficient (Wildman–Crippen LogP) is 3.34. The summed E-state index contributed by atoms with van der Waals surface area (Å²) in [5.41, 5.74) is 2.27. The Balaban J connectivity index is 2.18. The molecule has 0 aliphatic carbocycles. The Morgan fingerprint density at radius 2 is 1.68 bits per heavy atom. The third kappa shape index (κ3) is 3.26. The minimum atomic E-state index is -3.49. The molecule has 1 heterocycles. The molecule has 0 N–H and O–H groups in total. The lowest BCUT2D eigenvalue weighted by Gasteiger charge is -2.43. The van der Waals surface area contributed by atoms with Gasteiger partial charge in [0, 0.05) is 18.7 Å². The van der Waals surface area contributed by atoms with E-state index < -0.39 is 10.0 Å². The summed E-state index contributed by atoms with van der Waals surface area (Å²) in [5.74, 6) is -0.0379. The molecule has 2 aromatic carbocycles. The Labute approximate surface area is 148 Å². The van der Waals surface area contributed by atoms with Crippen molar-refractivity contribution >= 4 is 27.3 Å². The topological polar surface area (TPSA) is 57.7 Å². The number of sulfonamides is 1. The van der Waals surface area contributed by atoms with Gasteiger partial charge >= 0.3 is 0 Å². The van der Waals surface area contributed by atoms with Crippen LogP contribution in [0.2, 0.25) is 0 Å². The molecule has 0 spiro atoms. The van der Waals surface area contributed by atoms with Crippen LogP contribution in [0.1, 0.15) is 31.9 Å². The summed E-state index contributed by atoms with van der Waals surface area (Å²) in [4.78, 5) is 13.9. The van der Waals surface area contributed by atoms with Crippen molar-refractivity contribution < 1.29 is 13.2 Å². The van der Waals surface area contributed by atoms with Crippen LogP contribution in [0.3, 0.4) is 0 Å². The highest BCUT2D eigenvalue weighted by molar-refractivity contribution is 7.92. The highest BCUT2D eigenvalue weighted by Gasteiger charge is 2.38. The lowest BCUT2D eigenvalue weighted by atomic mass is 9.91. The average molecular weight is 358 g/mol. The summed E-state index contributed by atoms with van der Waals surface area (Å²) in [5, 5.41) is 0. The van der Waals surface area contributed by atoms with Gasteiger partial charge in [0.25, 0.3) is 0 Å². The number of amides is 1. The quantitative estimate of drug-likeness (QED) is 0.845. The number of rotatable bonds is 3. The Morgan fingerprint density at radius 1 is 1.08 bits per heavy atom. The van der Waals surface area contributed by atoms with Gasteiger partial charge in [0.05, 0.1) is 18.0 Å². The summed E-state index contributed by atoms with van der Waals surface area (Å²) in [6.45, 7) is 3.49. The van der Waals surface area contributed by atoms with Crippen LogP contribution in [0.5, 0.6) is 0 Å². The lowest BCUT2D eigenvalue weighted by molar-refractivity contribution is -0.117. The van der Waals surface area contributed by atoms with Crippen LogP contribution < -0.4 is 9.21 Å². The minimum absolute atomic E-state index is 0.0379. The number of anilines is 2. The van der Waals surface area contributed by atoms with Crippen LogP contribution in [0.4, 0.5) is 11.4 Å². The zero-order chi connectivity index (χ0) is 18.2. The van der Waals surface area contributed by atoms with Crippen molar-refractivity contribution in [2.75, 3.05) is 15.5 Å². The number of hydrogen-bond donors (Lipinski definition) is 0. The molecule has 0 saturated heterocycles. The van der Waals surface area contributed by atoms with Crippen LogP contribution in [0.25, 0.3) is 0 Å². The molecular formula is C19H22N2O3S. The number of nitrogens with zero attached hydrogens (tertiary/aromatic N) is 2. The van der Waals surface area contributed by atoms with Crippen molar-refractivity contribution in [1.82, 2.24) is 0 Å². The van der Waals surface area contributed by atoms with Gasteiger partial charge in [0.15, 0.2) is 0 Å². The molecule has 0 aromatic heterocycles. The van der Waals surface area contributed by atoms with Crippen molar-refractivity contribution in [2.24, 2.45) is 0 Å². The Morgan fingerprint density at radius 3 is 2.28 bits per heavy atom. The summed E-state index contributed by atoms with van der Waals surface area (Å²) < 4.78 is 26.7. The smallest absolute Gasteiger partial charge is 0.232 e. The van der Waals surface area contributed by atoms with Gasteiger partial charge in [-0.05, 0) is 37.1 Å². The molecule has 6 heteroatoms. The number of carbonyl (C=O) groups excluding carboxylic acids is 1. The molecule has 5 nitrogen and oxygen atoms in total. The molecular weight excluding hydrogens is 336 g/mol. The SMILES string of the molecule is CC(=O)N1c2ccccc2[C@@H](N(c2ccccc2)S(C)(=O)=O)C[C@@H]1C. The Bertz CT molecular complexity index is 881. The normalized spacial score (nSPS) is 20.0. The van der Waals surface area contributed by atoms with E-state index in [1.807, 2.05) is 49.4 Å². The summed E-state index contributed by atoms with van der Waals surface area (Å²) in [6.07, 6.45) is 1.77. The van der Waals surface area contributed by atoms with E-state index in [4.69, 9.17) is 0 Å². The summed E-state index contributed by atoms with van der Waals surface area (Å²) in [6, 6.07) is 16.2. The molecule has 1 amide bonds. The van der Waals surface area contributed by atoms with E-state index in [0.29, 0.717) is 12.1 Å². The van der Waals surface area contributed by atoms with Gasteiger partial charge in [-0.25, -0.2) is 8.42 Å². The highest BCUT2D eigenvalue weighted by atomic mass is 32.2. The first-order valence-electron chi connectivity index (χ1n) is 8.24. The fourth-order valence-corrected chi connectivity index (χ4v) is 4.83. The van der Waals surface area contributed by atoms with Crippen LogP contribution in [0, 0.1) is 0 Å². The first kappa shape index (κ1) is 17.5. The van der Waals surface area contributed by atoms with E-state index in [1.54, 1.807) is 24.0 Å². The maximum absolute atomic E-state index is 12.6. The zero-order valence-corrected chi connectivity index (χ0v) is 15.4. The summed E-state index contributed by atoms with van der Waals surface area (Å²) >= 11 is 0. The molecule has 0 radical (unpaired) electrons. The zero-order valence-electron chi connectivity index (χ0n) is 14.6. The van der Waals surface area contributed by atoms with Crippen molar-refractivity contribution in [3.63, 3.8) is 0 Å². The van der Waals surface area contributed by atoms with Gasteiger partial charge < -0.3 is 4.90 Å². The molecule has 0 bridgehead atoms. The number of benzene rings is 2. The van der Waals surface area contributed by atoms with Gasteiger partial charge in [0.1, 0.15) is 0 Å². The standard InChI is InChI=1S/C19H22N2O3S/c1-14-13-19(17-11-7-8-12-18(17)20(14)15(2)22)21(25(3,23)24)16-9-5-4-6-10-16/h4-12,14,19H,13H2,1-3H3/t14-,19-/m0/s1. The molecule has 132 valence electrons. The minimum Gasteiger partial charge on any atom is -0.309 e. The Kier molecular flexibility index (Phi) is 4.56. The number of hydrogen-bond acceptors (Lipinski definition) is 3. The predicted molar refractivity (Wildman–Crippen MR) is 100 cm³/mol. The van der Waals surface area contributed by atoms with Crippen LogP contribution in [0.15, 0.2) is 54.6 Å². The first-order valence-corrected chi connectivity index (χ1v) is 10.1. The van der Waals surface area contributed by atoms with E-state index in [-0.39, 0.29) is 18.0 Å². The van der Waals surface area contributed by atoms with Gasteiger partial charge in [0.2, 0.25) is 15.9 Å². The fraction of sp³-hybridized carbons (Fsp3) is 0.316. The number of fused-ring (bicyclic) bond motifs is 1. The Hall–Kier alpha value is -2.34. The highest BCUT2D eigenvalue weighted by Crippen LogP contribution is 2.42. The molecule has 0 unspecified atom stereocenters. The monoisotopic (exact) mass is 358 g/mol. The molecule has 3 rings (SSSR count).